The van der Waals surface area contributed by atoms with Gasteiger partial charge in [0.25, 0.3) is 0 Å². The molecule has 4 rings (SSSR count). The fourth-order valence-electron chi connectivity index (χ4n) is 3.92. The van der Waals surface area contributed by atoms with E-state index in [0.29, 0.717) is 19.7 Å². The second-order valence-electron chi connectivity index (χ2n) is 7.20. The van der Waals surface area contributed by atoms with Crippen LogP contribution in [0.4, 0.5) is 0 Å². The van der Waals surface area contributed by atoms with Gasteiger partial charge in [0.1, 0.15) is 17.3 Å². The van der Waals surface area contributed by atoms with Crippen molar-refractivity contribution in [2.24, 2.45) is 17.8 Å². The summed E-state index contributed by atoms with van der Waals surface area (Å²) < 4.78 is 16.8. The molecule has 6 nitrogen and oxygen atoms in total. The van der Waals surface area contributed by atoms with Crippen molar-refractivity contribution in [3.05, 3.63) is 36.3 Å². The van der Waals surface area contributed by atoms with Crippen LogP contribution in [0.15, 0.2) is 35.0 Å². The third-order valence-corrected chi connectivity index (χ3v) is 4.94. The van der Waals surface area contributed by atoms with Crippen LogP contribution in [0.1, 0.15) is 19.6 Å². The molecule has 2 fully saturated rings. The Morgan fingerprint density at radius 3 is 3.04 bits per heavy atom. The average molecular weight is 331 g/mol. The van der Waals surface area contributed by atoms with Crippen LogP contribution in [-0.4, -0.2) is 41.6 Å². The Labute approximate surface area is 140 Å². The molecule has 1 aromatic heterocycles. The average Bonchev–Trinajstić information content (AvgIpc) is 3.28. The van der Waals surface area contributed by atoms with Crippen LogP contribution in [0, 0.1) is 17.8 Å². The molecule has 4 atom stereocenters. The SMILES string of the molecule is CC(C)COC(=O)[C@H]1[C@@H]2C=C[C@]3(CN(Cc4ccco4)C(=O)[C@H]13)O2. The number of carbonyl (C=O) groups excluding carboxylic acids is 2. The third-order valence-electron chi connectivity index (χ3n) is 4.94. The van der Waals surface area contributed by atoms with Crippen LogP contribution < -0.4 is 0 Å². The van der Waals surface area contributed by atoms with E-state index < -0.39 is 17.4 Å². The molecule has 2 bridgehead atoms. The maximum absolute atomic E-state index is 12.9. The Morgan fingerprint density at radius 1 is 1.50 bits per heavy atom. The van der Waals surface area contributed by atoms with Crippen molar-refractivity contribution in [3.63, 3.8) is 0 Å². The molecule has 0 N–H and O–H groups in total. The van der Waals surface area contributed by atoms with Gasteiger partial charge >= 0.3 is 5.97 Å². The first kappa shape index (κ1) is 15.4. The number of furan rings is 1. The maximum atomic E-state index is 12.9. The monoisotopic (exact) mass is 331 g/mol. The van der Waals surface area contributed by atoms with Gasteiger partial charge in [-0.3, -0.25) is 9.59 Å². The lowest BCUT2D eigenvalue weighted by atomic mass is 9.77. The number of esters is 1. The number of carbonyl (C=O) groups is 2. The molecule has 2 saturated heterocycles. The lowest BCUT2D eigenvalue weighted by Crippen LogP contribution is -2.40. The van der Waals surface area contributed by atoms with Crippen LogP contribution in [0.2, 0.25) is 0 Å². The molecule has 1 amide bonds. The molecule has 0 aromatic carbocycles. The second-order valence-corrected chi connectivity index (χ2v) is 7.20. The number of amides is 1. The van der Waals surface area contributed by atoms with Gasteiger partial charge in [-0.15, -0.1) is 0 Å². The van der Waals surface area contributed by atoms with E-state index in [4.69, 9.17) is 13.9 Å². The second kappa shape index (κ2) is 5.48. The normalized spacial score (nSPS) is 33.5. The highest BCUT2D eigenvalue weighted by atomic mass is 16.6. The first-order valence-corrected chi connectivity index (χ1v) is 8.35. The molecule has 0 radical (unpaired) electrons. The van der Waals surface area contributed by atoms with Crippen molar-refractivity contribution < 1.29 is 23.5 Å². The van der Waals surface area contributed by atoms with E-state index in [2.05, 4.69) is 0 Å². The summed E-state index contributed by atoms with van der Waals surface area (Å²) in [4.78, 5) is 27.1. The van der Waals surface area contributed by atoms with Crippen LogP contribution in [0.5, 0.6) is 0 Å². The Balaban J connectivity index is 1.54. The summed E-state index contributed by atoms with van der Waals surface area (Å²) in [5, 5.41) is 0. The molecule has 24 heavy (non-hydrogen) atoms. The highest BCUT2D eigenvalue weighted by Crippen LogP contribution is 2.52. The van der Waals surface area contributed by atoms with Gasteiger partial charge in [-0.1, -0.05) is 26.0 Å². The largest absolute Gasteiger partial charge is 0.467 e. The van der Waals surface area contributed by atoms with Crippen molar-refractivity contribution in [2.75, 3.05) is 13.2 Å². The fourth-order valence-corrected chi connectivity index (χ4v) is 3.92. The van der Waals surface area contributed by atoms with Crippen molar-refractivity contribution >= 4 is 11.9 Å². The van der Waals surface area contributed by atoms with Crippen molar-refractivity contribution in [3.8, 4) is 0 Å². The molecular weight excluding hydrogens is 310 g/mol. The smallest absolute Gasteiger partial charge is 0.312 e. The number of fused-ring (bicyclic) bond motifs is 1. The predicted octanol–water partition coefficient (Wildman–Crippen LogP) is 1.76. The van der Waals surface area contributed by atoms with Gasteiger partial charge in [0, 0.05) is 0 Å². The minimum absolute atomic E-state index is 0.0650. The summed E-state index contributed by atoms with van der Waals surface area (Å²) in [6.45, 7) is 5.16. The van der Waals surface area contributed by atoms with Gasteiger partial charge in [0.05, 0.1) is 38.0 Å². The van der Waals surface area contributed by atoms with Crippen molar-refractivity contribution in [2.45, 2.75) is 32.1 Å². The highest BCUT2D eigenvalue weighted by Gasteiger charge is 2.67. The zero-order valence-corrected chi connectivity index (χ0v) is 13.8. The van der Waals surface area contributed by atoms with Gasteiger partial charge < -0.3 is 18.8 Å². The molecule has 0 unspecified atom stereocenters. The van der Waals surface area contributed by atoms with Crippen LogP contribution >= 0.6 is 0 Å². The Bertz CT molecular complexity index is 680. The van der Waals surface area contributed by atoms with E-state index in [9.17, 15) is 9.59 Å². The predicted molar refractivity (Wildman–Crippen MR) is 83.6 cm³/mol. The first-order valence-electron chi connectivity index (χ1n) is 8.35. The number of hydrogen-bond donors (Lipinski definition) is 0. The Morgan fingerprint density at radius 2 is 2.33 bits per heavy atom. The number of hydrogen-bond acceptors (Lipinski definition) is 5. The molecule has 4 heterocycles. The van der Waals surface area contributed by atoms with E-state index in [0.717, 1.165) is 5.76 Å². The summed E-state index contributed by atoms with van der Waals surface area (Å²) in [6.07, 6.45) is 5.06. The van der Waals surface area contributed by atoms with Gasteiger partial charge in [-0.2, -0.15) is 0 Å². The van der Waals surface area contributed by atoms with Crippen LogP contribution in [-0.2, 0) is 25.6 Å². The minimum atomic E-state index is -0.699. The number of nitrogens with zero attached hydrogens (tertiary/aromatic N) is 1. The molecule has 1 spiro atoms. The molecule has 0 saturated carbocycles. The summed E-state index contributed by atoms with van der Waals surface area (Å²) in [5.41, 5.74) is -0.699. The highest BCUT2D eigenvalue weighted by molar-refractivity contribution is 5.91. The minimum Gasteiger partial charge on any atom is -0.467 e. The van der Waals surface area contributed by atoms with Crippen molar-refractivity contribution in [1.82, 2.24) is 4.90 Å². The topological polar surface area (TPSA) is 69.0 Å². The quantitative estimate of drug-likeness (QED) is 0.607. The van der Waals surface area contributed by atoms with E-state index in [1.54, 1.807) is 17.2 Å². The molecule has 3 aliphatic heterocycles. The number of rotatable bonds is 5. The van der Waals surface area contributed by atoms with E-state index in [1.807, 2.05) is 32.1 Å². The van der Waals surface area contributed by atoms with E-state index >= 15 is 0 Å². The lowest BCUT2D eigenvalue weighted by molar-refractivity contribution is -0.154. The molecular formula is C18H21NO5. The van der Waals surface area contributed by atoms with Gasteiger partial charge in [-0.05, 0) is 18.1 Å². The zero-order valence-electron chi connectivity index (χ0n) is 13.8. The maximum Gasteiger partial charge on any atom is 0.312 e. The first-order chi connectivity index (χ1) is 11.5. The molecule has 3 aliphatic rings. The molecule has 128 valence electrons. The fraction of sp³-hybridized carbons (Fsp3) is 0.556. The third kappa shape index (κ3) is 2.28. The number of likely N-dealkylation sites (tertiary alicyclic amines) is 1. The van der Waals surface area contributed by atoms with Gasteiger partial charge in [0.2, 0.25) is 5.91 Å². The number of ether oxygens (including phenoxy) is 2. The standard InChI is InChI=1S/C18H21NO5/c1-11(2)9-23-17(21)14-13-5-6-18(24-13)10-19(16(20)15(14)18)8-12-4-3-7-22-12/h3-7,11,13-15H,8-10H2,1-2H3/t13-,14-,15-,18+/m0/s1. The van der Waals surface area contributed by atoms with Crippen LogP contribution in [0.25, 0.3) is 0 Å². The van der Waals surface area contributed by atoms with Crippen molar-refractivity contribution in [1.29, 1.82) is 0 Å². The summed E-state index contributed by atoms with van der Waals surface area (Å²) in [5.74, 6) is -0.474. The molecule has 1 aromatic rings. The van der Waals surface area contributed by atoms with E-state index in [-0.39, 0.29) is 23.9 Å². The zero-order chi connectivity index (χ0) is 16.9. The molecule has 0 aliphatic carbocycles. The van der Waals surface area contributed by atoms with E-state index in [1.165, 1.54) is 0 Å². The molecule has 6 heteroatoms. The Hall–Kier alpha value is -2.08. The summed E-state index contributed by atoms with van der Waals surface area (Å²) >= 11 is 0. The lowest BCUT2D eigenvalue weighted by Gasteiger charge is -2.23. The summed E-state index contributed by atoms with van der Waals surface area (Å²) in [6, 6.07) is 3.63. The van der Waals surface area contributed by atoms with Gasteiger partial charge in [0.15, 0.2) is 0 Å². The van der Waals surface area contributed by atoms with Gasteiger partial charge in [-0.25, -0.2) is 0 Å². The summed E-state index contributed by atoms with van der Waals surface area (Å²) in [7, 11) is 0. The Kier molecular flexibility index (Phi) is 3.53. The van der Waals surface area contributed by atoms with Crippen LogP contribution in [0.3, 0.4) is 0 Å².